The molecule has 0 radical (unpaired) electrons. The highest BCUT2D eigenvalue weighted by atomic mass is 127. The number of hydrogen-bond acceptors (Lipinski definition) is 2. The Morgan fingerprint density at radius 2 is 1.77 bits per heavy atom. The lowest BCUT2D eigenvalue weighted by Gasteiger charge is -2.08. The van der Waals surface area contributed by atoms with Crippen LogP contribution in [0.3, 0.4) is 0 Å². The topological polar surface area (TPSA) is 54.2 Å². The first kappa shape index (κ1) is 18.4. The molecule has 120 valence electrons. The number of nitrogens with zero attached hydrogens (tertiary/aromatic N) is 3. The second-order valence-corrected chi connectivity index (χ2v) is 4.45. The fourth-order valence-electron chi connectivity index (χ4n) is 1.85. The molecule has 0 aliphatic rings. The van der Waals surface area contributed by atoms with Crippen molar-refractivity contribution in [1.82, 2.24) is 20.4 Å². The molecule has 0 fully saturated rings. The minimum Gasteiger partial charge on any atom is -0.357 e. The number of nitrogens with one attached hydrogen (secondary N) is 2. The summed E-state index contributed by atoms with van der Waals surface area (Å²) in [6.07, 6.45) is 1.85. The van der Waals surface area contributed by atoms with E-state index in [1.165, 1.54) is 12.1 Å². The molecule has 1 aromatic heterocycles. The molecule has 0 aliphatic heterocycles. The van der Waals surface area contributed by atoms with Gasteiger partial charge < -0.3 is 10.6 Å². The van der Waals surface area contributed by atoms with Crippen LogP contribution in [0.15, 0.2) is 41.5 Å². The van der Waals surface area contributed by atoms with E-state index in [-0.39, 0.29) is 29.8 Å². The molecule has 2 rings (SSSR count). The van der Waals surface area contributed by atoms with Gasteiger partial charge in [0.2, 0.25) is 0 Å². The summed E-state index contributed by atoms with van der Waals surface area (Å²) in [5.74, 6) is 0.521. The summed E-state index contributed by atoms with van der Waals surface area (Å²) in [7, 11) is 0. The van der Waals surface area contributed by atoms with Crippen molar-refractivity contribution in [2.45, 2.75) is 20.4 Å². The van der Waals surface area contributed by atoms with Crippen molar-refractivity contribution < 1.29 is 4.39 Å². The van der Waals surface area contributed by atoms with Gasteiger partial charge in [-0.15, -0.1) is 24.0 Å². The number of aliphatic imine (C=N–C) groups is 1. The molecule has 5 nitrogen and oxygen atoms in total. The quantitative estimate of drug-likeness (QED) is 0.447. The highest BCUT2D eigenvalue weighted by Crippen LogP contribution is 2.09. The van der Waals surface area contributed by atoms with Gasteiger partial charge in [-0.3, -0.25) is 0 Å². The van der Waals surface area contributed by atoms with Crippen molar-refractivity contribution >= 4 is 29.9 Å². The van der Waals surface area contributed by atoms with E-state index in [1.807, 2.05) is 26.1 Å². The highest BCUT2D eigenvalue weighted by molar-refractivity contribution is 14.0. The Morgan fingerprint density at radius 1 is 1.14 bits per heavy atom. The summed E-state index contributed by atoms with van der Waals surface area (Å²) < 4.78 is 14.6. The summed E-state index contributed by atoms with van der Waals surface area (Å²) in [5, 5.41) is 10.8. The molecule has 7 heteroatoms. The Bertz CT molecular complexity index is 586. The fraction of sp³-hybridized carbons (Fsp3) is 0.333. The third-order valence-corrected chi connectivity index (χ3v) is 2.82. The molecular weight excluding hydrogens is 396 g/mol. The molecule has 0 saturated heterocycles. The molecule has 0 saturated carbocycles. The standard InChI is InChI=1S/C15H20FN5.HI/c1-3-17-15(18-4-2)19-11-13-9-10-21(20-13)14-7-5-12(16)6-8-14;/h5-10H,3-4,11H2,1-2H3,(H2,17,18,19);1H. The van der Waals surface area contributed by atoms with E-state index in [0.717, 1.165) is 30.4 Å². The van der Waals surface area contributed by atoms with Crippen molar-refractivity contribution in [3.8, 4) is 5.69 Å². The van der Waals surface area contributed by atoms with E-state index >= 15 is 0 Å². The maximum atomic E-state index is 12.9. The zero-order valence-electron chi connectivity index (χ0n) is 12.7. The first-order chi connectivity index (χ1) is 10.2. The van der Waals surface area contributed by atoms with Crippen LogP contribution in [-0.4, -0.2) is 28.8 Å². The maximum Gasteiger partial charge on any atom is 0.191 e. The lowest BCUT2D eigenvalue weighted by atomic mass is 10.3. The Balaban J connectivity index is 0.00000242. The normalized spacial score (nSPS) is 9.77. The molecule has 0 spiro atoms. The second kappa shape index (κ2) is 9.39. The van der Waals surface area contributed by atoms with Gasteiger partial charge in [-0.1, -0.05) is 0 Å². The van der Waals surface area contributed by atoms with Crippen molar-refractivity contribution in [2.75, 3.05) is 13.1 Å². The number of benzene rings is 1. The van der Waals surface area contributed by atoms with Crippen LogP contribution in [0.2, 0.25) is 0 Å². The summed E-state index contributed by atoms with van der Waals surface area (Å²) in [4.78, 5) is 4.45. The Kier molecular flexibility index (Phi) is 7.86. The Morgan fingerprint density at radius 3 is 2.36 bits per heavy atom. The monoisotopic (exact) mass is 417 g/mol. The summed E-state index contributed by atoms with van der Waals surface area (Å²) >= 11 is 0. The molecule has 22 heavy (non-hydrogen) atoms. The van der Waals surface area contributed by atoms with E-state index in [4.69, 9.17) is 0 Å². The van der Waals surface area contributed by atoms with Gasteiger partial charge in [0.25, 0.3) is 0 Å². The first-order valence-corrected chi connectivity index (χ1v) is 7.05. The van der Waals surface area contributed by atoms with Crippen molar-refractivity contribution in [2.24, 2.45) is 4.99 Å². The van der Waals surface area contributed by atoms with Gasteiger partial charge in [-0.25, -0.2) is 14.1 Å². The van der Waals surface area contributed by atoms with Crippen molar-refractivity contribution in [3.05, 3.63) is 48.0 Å². The van der Waals surface area contributed by atoms with Gasteiger partial charge in [0.15, 0.2) is 5.96 Å². The summed E-state index contributed by atoms with van der Waals surface area (Å²) in [6.45, 7) is 6.17. The Hall–Kier alpha value is -1.64. The largest absolute Gasteiger partial charge is 0.357 e. The lowest BCUT2D eigenvalue weighted by molar-refractivity contribution is 0.627. The number of rotatable bonds is 5. The van der Waals surface area contributed by atoms with Gasteiger partial charge in [-0.05, 0) is 44.2 Å². The molecule has 2 N–H and O–H groups in total. The van der Waals surface area contributed by atoms with Crippen LogP contribution >= 0.6 is 24.0 Å². The fourth-order valence-corrected chi connectivity index (χ4v) is 1.85. The molecule has 0 atom stereocenters. The van der Waals surface area contributed by atoms with Crippen molar-refractivity contribution in [3.63, 3.8) is 0 Å². The van der Waals surface area contributed by atoms with Crippen LogP contribution in [0.5, 0.6) is 0 Å². The maximum absolute atomic E-state index is 12.9. The van der Waals surface area contributed by atoms with Crippen molar-refractivity contribution in [1.29, 1.82) is 0 Å². The molecule has 2 aromatic rings. The predicted octanol–water partition coefficient (Wildman–Crippen LogP) is 2.70. The molecular formula is C15H21FIN5. The molecule has 1 heterocycles. The first-order valence-electron chi connectivity index (χ1n) is 7.05. The van der Waals surface area contributed by atoms with Crippen LogP contribution in [0.1, 0.15) is 19.5 Å². The number of guanidine groups is 1. The number of aromatic nitrogens is 2. The van der Waals surface area contributed by atoms with Crippen LogP contribution in [0.25, 0.3) is 5.69 Å². The molecule has 0 bridgehead atoms. The number of hydrogen-bond donors (Lipinski definition) is 2. The van der Waals surface area contributed by atoms with E-state index in [2.05, 4.69) is 20.7 Å². The molecule has 1 aromatic carbocycles. The lowest BCUT2D eigenvalue weighted by Crippen LogP contribution is -2.36. The van der Waals surface area contributed by atoms with Crippen LogP contribution < -0.4 is 10.6 Å². The Labute approximate surface area is 147 Å². The molecule has 0 amide bonds. The van der Waals surface area contributed by atoms with Crippen LogP contribution in [0.4, 0.5) is 4.39 Å². The highest BCUT2D eigenvalue weighted by Gasteiger charge is 2.02. The van der Waals surface area contributed by atoms with E-state index in [1.54, 1.807) is 16.8 Å². The van der Waals surface area contributed by atoms with Gasteiger partial charge in [0.05, 0.1) is 17.9 Å². The predicted molar refractivity (Wildman–Crippen MR) is 97.4 cm³/mol. The summed E-state index contributed by atoms with van der Waals surface area (Å²) in [6, 6.07) is 8.13. The summed E-state index contributed by atoms with van der Waals surface area (Å²) in [5.41, 5.74) is 1.68. The smallest absolute Gasteiger partial charge is 0.191 e. The SMILES string of the molecule is CCNC(=NCc1ccn(-c2ccc(F)cc2)n1)NCC.I. The minimum atomic E-state index is -0.253. The van der Waals surface area contributed by atoms with Gasteiger partial charge in [-0.2, -0.15) is 5.10 Å². The van der Waals surface area contributed by atoms with Gasteiger partial charge >= 0.3 is 0 Å². The van der Waals surface area contributed by atoms with E-state index < -0.39 is 0 Å². The zero-order chi connectivity index (χ0) is 15.1. The zero-order valence-corrected chi connectivity index (χ0v) is 15.0. The third-order valence-electron chi connectivity index (χ3n) is 2.82. The third kappa shape index (κ3) is 5.28. The minimum absolute atomic E-state index is 0. The molecule has 0 aliphatic carbocycles. The average molecular weight is 417 g/mol. The van der Waals surface area contributed by atoms with Gasteiger partial charge in [0, 0.05) is 19.3 Å². The number of halogens is 2. The van der Waals surface area contributed by atoms with Gasteiger partial charge in [0.1, 0.15) is 5.82 Å². The average Bonchev–Trinajstić information content (AvgIpc) is 2.95. The van der Waals surface area contributed by atoms with Crippen LogP contribution in [0, 0.1) is 5.82 Å². The van der Waals surface area contributed by atoms with E-state index in [9.17, 15) is 4.39 Å². The van der Waals surface area contributed by atoms with E-state index in [0.29, 0.717) is 6.54 Å². The van der Waals surface area contributed by atoms with Crippen LogP contribution in [-0.2, 0) is 6.54 Å². The second-order valence-electron chi connectivity index (χ2n) is 4.45. The molecule has 0 unspecified atom stereocenters.